The molecule has 1 aromatic carbocycles. The van der Waals surface area contributed by atoms with Crippen molar-refractivity contribution in [2.75, 3.05) is 25.0 Å². The number of nitrogens with zero attached hydrogens (tertiary/aromatic N) is 4. The topological polar surface area (TPSA) is 83.7 Å². The number of anilines is 1. The van der Waals surface area contributed by atoms with Crippen LogP contribution in [0.3, 0.4) is 0 Å². The zero-order valence-electron chi connectivity index (χ0n) is 16.4. The molecule has 7 nitrogen and oxygen atoms in total. The summed E-state index contributed by atoms with van der Waals surface area (Å²) in [5.74, 6) is 0.535. The summed E-state index contributed by atoms with van der Waals surface area (Å²) in [6, 6.07) is 13.4. The van der Waals surface area contributed by atoms with Gasteiger partial charge in [0.2, 0.25) is 5.95 Å². The van der Waals surface area contributed by atoms with E-state index in [-0.39, 0.29) is 5.91 Å². The predicted molar refractivity (Wildman–Crippen MR) is 116 cm³/mol. The summed E-state index contributed by atoms with van der Waals surface area (Å²) in [6.45, 7) is 4.24. The maximum atomic E-state index is 12.4. The van der Waals surface area contributed by atoms with Gasteiger partial charge < -0.3 is 10.6 Å². The Bertz CT molecular complexity index is 1060. The summed E-state index contributed by atoms with van der Waals surface area (Å²) in [5, 5.41) is 10.6. The standard InChI is InChI=1S/C22H24N6O/c1-2-24-22-26-20-7-3-6-19(28(20)27-22)17-8-10-18(11-9-17)21(29)25-14-12-16-5-4-13-23-15-16/h3,5-11,15H,2,4,12-14H2,1H3,(H,24,27)(H,25,29). The fraction of sp³-hybridized carbons (Fsp3) is 0.273. The fourth-order valence-corrected chi connectivity index (χ4v) is 3.30. The minimum absolute atomic E-state index is 0.0710. The second-order valence-electron chi connectivity index (χ2n) is 6.83. The third-order valence-corrected chi connectivity index (χ3v) is 4.76. The molecule has 0 spiro atoms. The lowest BCUT2D eigenvalue weighted by Gasteiger charge is -2.09. The number of carbonyl (C=O) groups excluding carboxylic acids is 1. The number of benzene rings is 1. The fourth-order valence-electron chi connectivity index (χ4n) is 3.30. The number of aromatic nitrogens is 3. The van der Waals surface area contributed by atoms with E-state index >= 15 is 0 Å². The van der Waals surface area contributed by atoms with Gasteiger partial charge in [0.15, 0.2) is 5.65 Å². The van der Waals surface area contributed by atoms with E-state index < -0.39 is 0 Å². The Kier molecular flexibility index (Phi) is 5.65. The number of fused-ring (bicyclic) bond motifs is 1. The first-order valence-corrected chi connectivity index (χ1v) is 9.92. The Morgan fingerprint density at radius 2 is 2.03 bits per heavy atom. The van der Waals surface area contributed by atoms with Crippen LogP contribution in [0.5, 0.6) is 0 Å². The van der Waals surface area contributed by atoms with Crippen molar-refractivity contribution in [3.05, 3.63) is 59.7 Å². The lowest BCUT2D eigenvalue weighted by atomic mass is 10.1. The van der Waals surface area contributed by atoms with E-state index in [0.717, 1.165) is 42.8 Å². The molecule has 1 amide bonds. The molecule has 29 heavy (non-hydrogen) atoms. The molecule has 0 atom stereocenters. The van der Waals surface area contributed by atoms with Gasteiger partial charge in [-0.2, -0.15) is 4.98 Å². The predicted octanol–water partition coefficient (Wildman–Crippen LogP) is 3.35. The highest BCUT2D eigenvalue weighted by molar-refractivity contribution is 5.94. The average Bonchev–Trinajstić information content (AvgIpc) is 3.17. The third kappa shape index (κ3) is 4.34. The van der Waals surface area contributed by atoms with Gasteiger partial charge in [0.25, 0.3) is 5.91 Å². The molecule has 0 radical (unpaired) electrons. The van der Waals surface area contributed by atoms with Gasteiger partial charge in [-0.3, -0.25) is 9.79 Å². The summed E-state index contributed by atoms with van der Waals surface area (Å²) in [7, 11) is 0. The Balaban J connectivity index is 1.45. The Morgan fingerprint density at radius 3 is 2.79 bits per heavy atom. The second-order valence-corrected chi connectivity index (χ2v) is 6.83. The minimum atomic E-state index is -0.0710. The van der Waals surface area contributed by atoms with Crippen LogP contribution in [0.15, 0.2) is 59.1 Å². The highest BCUT2D eigenvalue weighted by atomic mass is 16.1. The molecule has 3 heterocycles. The summed E-state index contributed by atoms with van der Waals surface area (Å²) in [5.41, 5.74) is 4.50. The molecule has 0 saturated carbocycles. The van der Waals surface area contributed by atoms with Crippen molar-refractivity contribution in [2.24, 2.45) is 4.99 Å². The molecule has 4 rings (SSSR count). The van der Waals surface area contributed by atoms with E-state index in [1.807, 2.05) is 60.1 Å². The molecule has 0 aliphatic carbocycles. The molecule has 1 aliphatic heterocycles. The number of amides is 1. The molecule has 2 N–H and O–H groups in total. The number of carbonyl (C=O) groups is 1. The monoisotopic (exact) mass is 388 g/mol. The van der Waals surface area contributed by atoms with E-state index in [2.05, 4.69) is 31.8 Å². The molecular weight excluding hydrogens is 364 g/mol. The van der Waals surface area contributed by atoms with Crippen LogP contribution >= 0.6 is 0 Å². The van der Waals surface area contributed by atoms with Gasteiger partial charge in [-0.15, -0.1) is 5.10 Å². The molecule has 0 unspecified atom stereocenters. The van der Waals surface area contributed by atoms with Crippen molar-refractivity contribution in [2.45, 2.75) is 19.8 Å². The van der Waals surface area contributed by atoms with E-state index in [1.165, 1.54) is 5.57 Å². The molecule has 0 fully saturated rings. The number of pyridine rings is 1. The third-order valence-electron chi connectivity index (χ3n) is 4.76. The second kappa shape index (κ2) is 8.68. The molecular formula is C22H24N6O. The van der Waals surface area contributed by atoms with E-state index in [4.69, 9.17) is 0 Å². The first kappa shape index (κ1) is 18.9. The number of hydrogen-bond acceptors (Lipinski definition) is 5. The van der Waals surface area contributed by atoms with Crippen molar-refractivity contribution in [3.8, 4) is 11.3 Å². The molecule has 3 aromatic rings. The highest BCUT2D eigenvalue weighted by Gasteiger charge is 2.10. The number of dihydropyridines is 1. The number of aliphatic imine (C=N–C) groups is 1. The van der Waals surface area contributed by atoms with Gasteiger partial charge in [-0.1, -0.05) is 24.3 Å². The summed E-state index contributed by atoms with van der Waals surface area (Å²) >= 11 is 0. The molecule has 148 valence electrons. The van der Waals surface area contributed by atoms with Crippen molar-refractivity contribution in [1.29, 1.82) is 0 Å². The van der Waals surface area contributed by atoms with Crippen LogP contribution in [-0.4, -0.2) is 46.4 Å². The molecule has 7 heteroatoms. The first-order valence-electron chi connectivity index (χ1n) is 9.92. The Labute approximate surface area is 169 Å². The lowest BCUT2D eigenvalue weighted by Crippen LogP contribution is -2.24. The van der Waals surface area contributed by atoms with Crippen LogP contribution < -0.4 is 10.6 Å². The number of rotatable bonds is 7. The maximum absolute atomic E-state index is 12.4. The summed E-state index contributed by atoms with van der Waals surface area (Å²) < 4.78 is 1.81. The van der Waals surface area contributed by atoms with Crippen LogP contribution in [-0.2, 0) is 0 Å². The van der Waals surface area contributed by atoms with Gasteiger partial charge in [0.1, 0.15) is 0 Å². The van der Waals surface area contributed by atoms with Gasteiger partial charge in [-0.25, -0.2) is 4.52 Å². The number of hydrogen-bond donors (Lipinski definition) is 2. The largest absolute Gasteiger partial charge is 0.353 e. The van der Waals surface area contributed by atoms with Crippen LogP contribution in [0.4, 0.5) is 5.95 Å². The first-order chi connectivity index (χ1) is 14.2. The zero-order chi connectivity index (χ0) is 20.1. The van der Waals surface area contributed by atoms with Crippen molar-refractivity contribution >= 4 is 23.7 Å². The maximum Gasteiger partial charge on any atom is 0.251 e. The van der Waals surface area contributed by atoms with Crippen molar-refractivity contribution < 1.29 is 4.79 Å². The smallest absolute Gasteiger partial charge is 0.251 e. The Morgan fingerprint density at radius 1 is 1.17 bits per heavy atom. The molecule has 0 bridgehead atoms. The average molecular weight is 388 g/mol. The van der Waals surface area contributed by atoms with Crippen molar-refractivity contribution in [1.82, 2.24) is 19.9 Å². The van der Waals surface area contributed by atoms with E-state index in [1.54, 1.807) is 0 Å². The van der Waals surface area contributed by atoms with Crippen LogP contribution in [0.2, 0.25) is 0 Å². The molecule has 2 aromatic heterocycles. The quantitative estimate of drug-likeness (QED) is 0.650. The van der Waals surface area contributed by atoms with Gasteiger partial charge in [0.05, 0.1) is 5.69 Å². The van der Waals surface area contributed by atoms with E-state index in [0.29, 0.717) is 18.1 Å². The van der Waals surface area contributed by atoms with Crippen LogP contribution in [0, 0.1) is 0 Å². The lowest BCUT2D eigenvalue weighted by molar-refractivity contribution is 0.0954. The van der Waals surface area contributed by atoms with Gasteiger partial charge >= 0.3 is 0 Å². The van der Waals surface area contributed by atoms with Crippen molar-refractivity contribution in [3.63, 3.8) is 0 Å². The summed E-state index contributed by atoms with van der Waals surface area (Å²) in [4.78, 5) is 21.2. The SMILES string of the molecule is CCNc1nc2cccc(-c3ccc(C(=O)NCCC4=CCCN=C4)cc3)n2n1. The molecule has 0 saturated heterocycles. The van der Waals surface area contributed by atoms with Gasteiger partial charge in [-0.05, 0) is 49.6 Å². The summed E-state index contributed by atoms with van der Waals surface area (Å²) in [6.07, 6.45) is 5.86. The Hall–Kier alpha value is -3.48. The van der Waals surface area contributed by atoms with Gasteiger partial charge in [0, 0.05) is 37.0 Å². The van der Waals surface area contributed by atoms with Crippen LogP contribution in [0.25, 0.3) is 16.9 Å². The zero-order valence-corrected chi connectivity index (χ0v) is 16.4. The van der Waals surface area contributed by atoms with Crippen LogP contribution in [0.1, 0.15) is 30.1 Å². The van der Waals surface area contributed by atoms with E-state index in [9.17, 15) is 4.79 Å². The normalized spacial score (nSPS) is 13.3. The highest BCUT2D eigenvalue weighted by Crippen LogP contribution is 2.21. The number of nitrogens with one attached hydrogen (secondary N) is 2. The minimum Gasteiger partial charge on any atom is -0.353 e. The molecule has 1 aliphatic rings.